The van der Waals surface area contributed by atoms with Crippen molar-refractivity contribution in [2.45, 2.75) is 160 Å². The van der Waals surface area contributed by atoms with E-state index in [0.717, 1.165) is 59.4 Å². The standard InChI is InChI=1S/C36H65N3/c1-4-36(24-39-33-30-12-6-10-27(19-30)20-31(33)14-15-35(2,3)37)22-28-11-7-13-32(21-28)34(36)38-23-29-17-25-8-5-9-26(16-25)18-29/h25-34,38-39H,4-24,37H2,1-3H3. The van der Waals surface area contributed by atoms with Crippen LogP contribution in [0.2, 0.25) is 0 Å². The highest BCUT2D eigenvalue weighted by atomic mass is 15.0. The molecule has 6 fully saturated rings. The zero-order valence-electron chi connectivity index (χ0n) is 26.2. The fraction of sp³-hybridized carbons (Fsp3) is 1.00. The third-order valence-corrected chi connectivity index (χ3v) is 13.5. The zero-order chi connectivity index (χ0) is 27.0. The molecule has 6 saturated carbocycles. The maximum absolute atomic E-state index is 6.51. The Morgan fingerprint density at radius 1 is 0.744 bits per heavy atom. The summed E-state index contributed by atoms with van der Waals surface area (Å²) in [7, 11) is 0. The third kappa shape index (κ3) is 6.77. The number of nitrogens with two attached hydrogens (primary N) is 1. The largest absolute Gasteiger partial charge is 0.326 e. The Kier molecular flexibility index (Phi) is 9.09. The van der Waals surface area contributed by atoms with Crippen LogP contribution in [0.15, 0.2) is 0 Å². The van der Waals surface area contributed by atoms with E-state index in [1.54, 1.807) is 6.42 Å². The molecule has 39 heavy (non-hydrogen) atoms. The minimum atomic E-state index is -0.0326. The van der Waals surface area contributed by atoms with Gasteiger partial charge in [-0.15, -0.1) is 0 Å². The minimum Gasteiger partial charge on any atom is -0.326 e. The third-order valence-electron chi connectivity index (χ3n) is 13.5. The molecular formula is C36H65N3. The monoisotopic (exact) mass is 540 g/mol. The molecule has 6 aliphatic rings. The molecule has 0 aliphatic heterocycles. The van der Waals surface area contributed by atoms with Crippen molar-refractivity contribution in [2.75, 3.05) is 13.1 Å². The number of nitrogens with one attached hydrogen (secondary N) is 2. The predicted octanol–water partition coefficient (Wildman–Crippen LogP) is 8.07. The molecule has 224 valence electrons. The lowest BCUT2D eigenvalue weighted by molar-refractivity contribution is -0.00854. The van der Waals surface area contributed by atoms with Crippen molar-refractivity contribution in [3.63, 3.8) is 0 Å². The highest BCUT2D eigenvalue weighted by molar-refractivity contribution is 5.05. The summed E-state index contributed by atoms with van der Waals surface area (Å²) in [6, 6.07) is 1.46. The number of rotatable bonds is 10. The van der Waals surface area contributed by atoms with E-state index >= 15 is 0 Å². The SMILES string of the molecule is CCC1(CNC2C3CCCC(C3)CC2CCC(C)(C)N)CC2CCCC(C2)C1NCC1CC2CCCC(C2)C1. The van der Waals surface area contributed by atoms with Crippen LogP contribution in [0.25, 0.3) is 0 Å². The fourth-order valence-electron chi connectivity index (χ4n) is 11.7. The Hall–Kier alpha value is -0.120. The van der Waals surface area contributed by atoms with Gasteiger partial charge in [0.2, 0.25) is 0 Å². The van der Waals surface area contributed by atoms with Gasteiger partial charge in [0.05, 0.1) is 0 Å². The van der Waals surface area contributed by atoms with E-state index in [-0.39, 0.29) is 5.54 Å². The molecule has 0 aromatic rings. The first-order valence-electron chi connectivity index (χ1n) is 18.1. The Bertz CT molecular complexity index is 777. The average molecular weight is 540 g/mol. The van der Waals surface area contributed by atoms with Gasteiger partial charge in [-0.2, -0.15) is 0 Å². The number of hydrogen-bond acceptors (Lipinski definition) is 3. The van der Waals surface area contributed by atoms with E-state index in [0.29, 0.717) is 5.41 Å². The molecule has 6 rings (SSSR count). The number of hydrogen-bond donors (Lipinski definition) is 3. The molecule has 3 nitrogen and oxygen atoms in total. The van der Waals surface area contributed by atoms with Crippen molar-refractivity contribution in [1.29, 1.82) is 0 Å². The van der Waals surface area contributed by atoms with Crippen LogP contribution in [0, 0.1) is 52.8 Å². The predicted molar refractivity (Wildman–Crippen MR) is 166 cm³/mol. The van der Waals surface area contributed by atoms with Crippen LogP contribution in [0.1, 0.15) is 143 Å². The van der Waals surface area contributed by atoms with Crippen LogP contribution in [0.5, 0.6) is 0 Å². The van der Waals surface area contributed by atoms with Crippen molar-refractivity contribution < 1.29 is 0 Å². The van der Waals surface area contributed by atoms with Crippen molar-refractivity contribution in [1.82, 2.24) is 10.6 Å². The van der Waals surface area contributed by atoms with Crippen LogP contribution in [-0.2, 0) is 0 Å². The topological polar surface area (TPSA) is 50.1 Å². The van der Waals surface area contributed by atoms with E-state index in [4.69, 9.17) is 5.73 Å². The lowest BCUT2D eigenvalue weighted by Gasteiger charge is -2.55. The summed E-state index contributed by atoms with van der Waals surface area (Å²) in [6.45, 7) is 9.60. The number of fused-ring (bicyclic) bond motifs is 6. The van der Waals surface area contributed by atoms with Crippen LogP contribution in [-0.4, -0.2) is 30.7 Å². The smallest absolute Gasteiger partial charge is 0.0164 e. The van der Waals surface area contributed by atoms with E-state index in [1.165, 1.54) is 129 Å². The lowest BCUT2D eigenvalue weighted by atomic mass is 9.56. The molecule has 10 atom stereocenters. The first-order valence-corrected chi connectivity index (χ1v) is 18.1. The van der Waals surface area contributed by atoms with Crippen molar-refractivity contribution >= 4 is 0 Å². The molecule has 0 amide bonds. The normalized spacial score (nSPS) is 46.2. The van der Waals surface area contributed by atoms with Crippen molar-refractivity contribution in [3.8, 4) is 0 Å². The van der Waals surface area contributed by atoms with Gasteiger partial charge in [0.1, 0.15) is 0 Å². The molecule has 6 aliphatic carbocycles. The summed E-state index contributed by atoms with van der Waals surface area (Å²) >= 11 is 0. The summed E-state index contributed by atoms with van der Waals surface area (Å²) in [5.41, 5.74) is 6.93. The van der Waals surface area contributed by atoms with Crippen LogP contribution < -0.4 is 16.4 Å². The second-order valence-corrected chi connectivity index (χ2v) is 17.1. The molecule has 0 saturated heterocycles. The summed E-state index contributed by atoms with van der Waals surface area (Å²) in [6.07, 6.45) is 27.8. The van der Waals surface area contributed by atoms with Gasteiger partial charge in [-0.25, -0.2) is 0 Å². The zero-order valence-corrected chi connectivity index (χ0v) is 26.2. The van der Waals surface area contributed by atoms with Gasteiger partial charge in [0, 0.05) is 24.2 Å². The Labute approximate surface area is 242 Å². The summed E-state index contributed by atoms with van der Waals surface area (Å²) < 4.78 is 0. The minimum absolute atomic E-state index is 0.0326. The Balaban J connectivity index is 1.15. The molecule has 6 bridgehead atoms. The van der Waals surface area contributed by atoms with Gasteiger partial charge >= 0.3 is 0 Å². The maximum Gasteiger partial charge on any atom is 0.0164 e. The van der Waals surface area contributed by atoms with Gasteiger partial charge in [0.25, 0.3) is 0 Å². The fourth-order valence-corrected chi connectivity index (χ4v) is 11.7. The highest BCUT2D eigenvalue weighted by Crippen LogP contribution is 2.52. The van der Waals surface area contributed by atoms with Gasteiger partial charge in [-0.3, -0.25) is 0 Å². The van der Waals surface area contributed by atoms with E-state index in [1.807, 2.05) is 0 Å². The summed E-state index contributed by atoms with van der Waals surface area (Å²) in [5, 5.41) is 8.84. The molecule has 0 heterocycles. The average Bonchev–Trinajstić information content (AvgIpc) is 2.90. The molecular weight excluding hydrogens is 474 g/mol. The molecule has 0 radical (unpaired) electrons. The second kappa shape index (κ2) is 12.2. The van der Waals surface area contributed by atoms with E-state index < -0.39 is 0 Å². The highest BCUT2D eigenvalue weighted by Gasteiger charge is 2.50. The lowest BCUT2D eigenvalue weighted by Crippen LogP contribution is -2.61. The van der Waals surface area contributed by atoms with Crippen LogP contribution >= 0.6 is 0 Å². The maximum atomic E-state index is 6.51. The molecule has 4 N–H and O–H groups in total. The first-order chi connectivity index (χ1) is 18.8. The molecule has 0 aromatic heterocycles. The van der Waals surface area contributed by atoms with Crippen molar-refractivity contribution in [2.24, 2.45) is 58.5 Å². The summed E-state index contributed by atoms with van der Waals surface area (Å²) in [4.78, 5) is 0. The van der Waals surface area contributed by atoms with Gasteiger partial charge in [-0.1, -0.05) is 51.9 Å². The van der Waals surface area contributed by atoms with Gasteiger partial charge < -0.3 is 16.4 Å². The quantitative estimate of drug-likeness (QED) is 0.263. The van der Waals surface area contributed by atoms with Crippen LogP contribution in [0.3, 0.4) is 0 Å². The first kappa shape index (κ1) is 29.0. The second-order valence-electron chi connectivity index (χ2n) is 17.1. The van der Waals surface area contributed by atoms with Crippen molar-refractivity contribution in [3.05, 3.63) is 0 Å². The van der Waals surface area contributed by atoms with Gasteiger partial charge in [-0.05, 0) is 150 Å². The summed E-state index contributed by atoms with van der Waals surface area (Å²) in [5.74, 6) is 7.68. The molecule has 3 heteroatoms. The Morgan fingerprint density at radius 2 is 1.38 bits per heavy atom. The molecule has 0 spiro atoms. The van der Waals surface area contributed by atoms with E-state index in [9.17, 15) is 0 Å². The van der Waals surface area contributed by atoms with E-state index in [2.05, 4.69) is 31.4 Å². The van der Waals surface area contributed by atoms with Gasteiger partial charge in [0.15, 0.2) is 0 Å². The molecule has 10 unspecified atom stereocenters. The molecule has 0 aromatic carbocycles. The van der Waals surface area contributed by atoms with Crippen LogP contribution in [0.4, 0.5) is 0 Å². The Morgan fingerprint density at radius 3 is 2.10 bits per heavy atom.